The third kappa shape index (κ3) is 2.94. The highest BCUT2D eigenvalue weighted by molar-refractivity contribution is 7.13. The van der Waals surface area contributed by atoms with E-state index in [-0.39, 0.29) is 19.1 Å². The van der Waals surface area contributed by atoms with Crippen molar-refractivity contribution in [1.29, 1.82) is 0 Å². The minimum atomic E-state index is -0.175. The molecule has 0 bridgehead atoms. The number of carbonyl (C=O) groups excluding carboxylic acids is 1. The van der Waals surface area contributed by atoms with Crippen LogP contribution in [0.25, 0.3) is 10.6 Å². The van der Waals surface area contributed by atoms with Gasteiger partial charge in [0.1, 0.15) is 5.01 Å². The van der Waals surface area contributed by atoms with Crippen LogP contribution >= 0.6 is 11.3 Å². The number of thiazole rings is 1. The first-order chi connectivity index (χ1) is 8.70. The Balaban J connectivity index is 2.12. The largest absolute Gasteiger partial charge is 0.395 e. The normalized spacial score (nSPS) is 10.3. The summed E-state index contributed by atoms with van der Waals surface area (Å²) in [6, 6.07) is 7.29. The molecule has 0 unspecified atom stereocenters. The number of aliphatic hydroxyl groups excluding tert-OH is 1. The molecule has 0 saturated heterocycles. The molecule has 2 rings (SSSR count). The number of nitrogens with zero attached hydrogens (tertiary/aromatic N) is 1. The van der Waals surface area contributed by atoms with Gasteiger partial charge in [-0.05, 0) is 19.1 Å². The Kier molecular flexibility index (Phi) is 4.07. The number of rotatable bonds is 4. The summed E-state index contributed by atoms with van der Waals surface area (Å²) < 4.78 is 0. The zero-order valence-electron chi connectivity index (χ0n) is 10.0. The van der Waals surface area contributed by atoms with Crippen LogP contribution in [0.3, 0.4) is 0 Å². The number of benzene rings is 1. The summed E-state index contributed by atoms with van der Waals surface area (Å²) in [5.74, 6) is -0.175. The highest BCUT2D eigenvalue weighted by atomic mass is 32.1. The van der Waals surface area contributed by atoms with Crippen molar-refractivity contribution in [2.24, 2.45) is 0 Å². The molecule has 0 radical (unpaired) electrons. The predicted molar refractivity (Wildman–Crippen MR) is 71.7 cm³/mol. The Labute approximate surface area is 109 Å². The molecule has 4 nitrogen and oxygen atoms in total. The molecule has 1 aromatic heterocycles. The fourth-order valence-electron chi connectivity index (χ4n) is 1.52. The van der Waals surface area contributed by atoms with Crippen LogP contribution in [-0.2, 0) is 0 Å². The Morgan fingerprint density at radius 2 is 2.11 bits per heavy atom. The molecule has 0 spiro atoms. The minimum absolute atomic E-state index is 0.0534. The molecule has 2 N–H and O–H groups in total. The van der Waals surface area contributed by atoms with Crippen LogP contribution in [0.1, 0.15) is 16.1 Å². The first-order valence-corrected chi connectivity index (χ1v) is 6.50. The van der Waals surface area contributed by atoms with Crippen LogP contribution in [0.15, 0.2) is 29.6 Å². The maximum absolute atomic E-state index is 11.6. The lowest BCUT2D eigenvalue weighted by Gasteiger charge is -2.03. The van der Waals surface area contributed by atoms with Crippen molar-refractivity contribution in [3.63, 3.8) is 0 Å². The van der Waals surface area contributed by atoms with Crippen molar-refractivity contribution >= 4 is 17.2 Å². The van der Waals surface area contributed by atoms with Gasteiger partial charge in [0, 0.05) is 28.7 Å². The quantitative estimate of drug-likeness (QED) is 0.883. The van der Waals surface area contributed by atoms with Crippen molar-refractivity contribution in [2.45, 2.75) is 6.92 Å². The fraction of sp³-hybridized carbons (Fsp3) is 0.231. The predicted octanol–water partition coefficient (Wildman–Crippen LogP) is 1.84. The molecular formula is C13H14N2O2S. The maximum Gasteiger partial charge on any atom is 0.251 e. The highest BCUT2D eigenvalue weighted by Gasteiger charge is 2.06. The average molecular weight is 262 g/mol. The molecule has 0 atom stereocenters. The molecule has 94 valence electrons. The van der Waals surface area contributed by atoms with Gasteiger partial charge in [-0.3, -0.25) is 4.79 Å². The first kappa shape index (κ1) is 12.7. The van der Waals surface area contributed by atoms with E-state index < -0.39 is 0 Å². The van der Waals surface area contributed by atoms with Crippen molar-refractivity contribution in [3.05, 3.63) is 40.9 Å². The molecular weight excluding hydrogens is 248 g/mol. The van der Waals surface area contributed by atoms with Crippen LogP contribution in [-0.4, -0.2) is 29.1 Å². The third-order valence-electron chi connectivity index (χ3n) is 2.41. The molecule has 0 saturated carbocycles. The second-order valence-electron chi connectivity index (χ2n) is 3.85. The van der Waals surface area contributed by atoms with E-state index in [1.165, 1.54) is 0 Å². The van der Waals surface area contributed by atoms with E-state index in [4.69, 9.17) is 5.11 Å². The Morgan fingerprint density at radius 1 is 1.39 bits per heavy atom. The van der Waals surface area contributed by atoms with Crippen molar-refractivity contribution in [1.82, 2.24) is 10.3 Å². The molecule has 18 heavy (non-hydrogen) atoms. The second kappa shape index (κ2) is 5.75. The van der Waals surface area contributed by atoms with E-state index in [2.05, 4.69) is 10.3 Å². The van der Waals surface area contributed by atoms with Gasteiger partial charge in [0.25, 0.3) is 5.91 Å². The average Bonchev–Trinajstić information content (AvgIpc) is 2.83. The molecule has 1 heterocycles. The van der Waals surface area contributed by atoms with Gasteiger partial charge >= 0.3 is 0 Å². The van der Waals surface area contributed by atoms with Crippen molar-refractivity contribution in [3.8, 4) is 10.6 Å². The van der Waals surface area contributed by atoms with Gasteiger partial charge in [0.05, 0.1) is 6.61 Å². The lowest BCUT2D eigenvalue weighted by Crippen LogP contribution is -2.26. The third-order valence-corrected chi connectivity index (χ3v) is 3.42. The number of amides is 1. The monoisotopic (exact) mass is 262 g/mol. The smallest absolute Gasteiger partial charge is 0.251 e. The van der Waals surface area contributed by atoms with E-state index in [0.717, 1.165) is 16.3 Å². The molecule has 0 fully saturated rings. The van der Waals surface area contributed by atoms with E-state index in [1.54, 1.807) is 23.5 Å². The SMILES string of the molecule is Cc1csc(-c2ccc(C(=O)NCCO)cc2)n1. The molecule has 0 aliphatic rings. The van der Waals surface area contributed by atoms with Gasteiger partial charge in [-0.1, -0.05) is 12.1 Å². The summed E-state index contributed by atoms with van der Waals surface area (Å²) in [4.78, 5) is 16.0. The second-order valence-corrected chi connectivity index (χ2v) is 4.71. The van der Waals surface area contributed by atoms with Crippen LogP contribution < -0.4 is 5.32 Å². The zero-order chi connectivity index (χ0) is 13.0. The lowest BCUT2D eigenvalue weighted by molar-refractivity contribution is 0.0945. The van der Waals surface area contributed by atoms with E-state index in [9.17, 15) is 4.79 Å². The van der Waals surface area contributed by atoms with Crippen molar-refractivity contribution in [2.75, 3.05) is 13.2 Å². The number of aliphatic hydroxyl groups is 1. The first-order valence-electron chi connectivity index (χ1n) is 5.62. The number of carbonyl (C=O) groups is 1. The van der Waals surface area contributed by atoms with Gasteiger partial charge in [-0.25, -0.2) is 4.98 Å². The van der Waals surface area contributed by atoms with Gasteiger partial charge in [0.15, 0.2) is 0 Å². The standard InChI is InChI=1S/C13H14N2O2S/c1-9-8-18-13(15-9)11-4-2-10(3-5-11)12(17)14-6-7-16/h2-5,8,16H,6-7H2,1H3,(H,14,17). The minimum Gasteiger partial charge on any atom is -0.395 e. The van der Waals surface area contributed by atoms with Crippen LogP contribution in [0.4, 0.5) is 0 Å². The number of aromatic nitrogens is 1. The van der Waals surface area contributed by atoms with Crippen molar-refractivity contribution < 1.29 is 9.90 Å². The van der Waals surface area contributed by atoms with Crippen LogP contribution in [0.2, 0.25) is 0 Å². The van der Waals surface area contributed by atoms with Gasteiger partial charge in [-0.15, -0.1) is 11.3 Å². The highest BCUT2D eigenvalue weighted by Crippen LogP contribution is 2.23. The molecule has 0 aliphatic heterocycles. The van der Waals surface area contributed by atoms with Crippen LogP contribution in [0, 0.1) is 6.92 Å². The van der Waals surface area contributed by atoms with E-state index in [1.807, 2.05) is 24.4 Å². The fourth-order valence-corrected chi connectivity index (χ4v) is 2.33. The maximum atomic E-state index is 11.6. The van der Waals surface area contributed by atoms with Gasteiger partial charge < -0.3 is 10.4 Å². The Bertz CT molecular complexity index is 534. The summed E-state index contributed by atoms with van der Waals surface area (Å²) >= 11 is 1.59. The number of hydrogen-bond acceptors (Lipinski definition) is 4. The molecule has 1 aromatic carbocycles. The lowest BCUT2D eigenvalue weighted by atomic mass is 10.1. The molecule has 1 amide bonds. The number of aryl methyl sites for hydroxylation is 1. The zero-order valence-corrected chi connectivity index (χ0v) is 10.8. The Hall–Kier alpha value is -1.72. The Morgan fingerprint density at radius 3 is 2.67 bits per heavy atom. The molecule has 0 aliphatic carbocycles. The number of nitrogens with one attached hydrogen (secondary N) is 1. The summed E-state index contributed by atoms with van der Waals surface area (Å²) in [6.07, 6.45) is 0. The van der Waals surface area contributed by atoms with E-state index >= 15 is 0 Å². The summed E-state index contributed by atoms with van der Waals surface area (Å²) in [5.41, 5.74) is 2.59. The summed E-state index contributed by atoms with van der Waals surface area (Å²) in [5, 5.41) is 14.2. The summed E-state index contributed by atoms with van der Waals surface area (Å²) in [6.45, 7) is 2.17. The van der Waals surface area contributed by atoms with E-state index in [0.29, 0.717) is 5.56 Å². The summed E-state index contributed by atoms with van der Waals surface area (Å²) in [7, 11) is 0. The molecule has 2 aromatic rings. The van der Waals surface area contributed by atoms with Gasteiger partial charge in [0.2, 0.25) is 0 Å². The number of hydrogen-bond donors (Lipinski definition) is 2. The van der Waals surface area contributed by atoms with Crippen LogP contribution in [0.5, 0.6) is 0 Å². The molecule has 5 heteroatoms. The van der Waals surface area contributed by atoms with Gasteiger partial charge in [-0.2, -0.15) is 0 Å². The topological polar surface area (TPSA) is 62.2 Å².